The molecule has 82 valence electrons. The van der Waals surface area contributed by atoms with Crippen molar-refractivity contribution >= 4 is 11.8 Å². The summed E-state index contributed by atoms with van der Waals surface area (Å²) in [5.74, 6) is -0.610. The third kappa shape index (κ3) is 3.67. The van der Waals surface area contributed by atoms with Crippen molar-refractivity contribution in [1.82, 2.24) is 0 Å². The monoisotopic (exact) mass is 210 g/mol. The molecule has 0 fully saturated rings. The lowest BCUT2D eigenvalue weighted by molar-refractivity contribution is -0.143. The molecule has 0 radical (unpaired) electrons. The maximum absolute atomic E-state index is 11.1. The number of aliphatic hydroxyl groups excluding tert-OH is 1. The second kappa shape index (κ2) is 5.46. The summed E-state index contributed by atoms with van der Waals surface area (Å²) in [5, 5.41) is 9.08. The van der Waals surface area contributed by atoms with Crippen molar-refractivity contribution in [2.24, 2.45) is 0 Å². The Labute approximate surface area is 88.2 Å². The number of carbonyl (C=O) groups is 2. The Kier molecular flexibility index (Phi) is 4.24. The average molecular weight is 210 g/mol. The van der Waals surface area contributed by atoms with Crippen LogP contribution in [0.2, 0.25) is 0 Å². The van der Waals surface area contributed by atoms with E-state index in [2.05, 4.69) is 0 Å². The zero-order chi connectivity index (χ0) is 11.3. The summed E-state index contributed by atoms with van der Waals surface area (Å²) >= 11 is 0. The van der Waals surface area contributed by atoms with Gasteiger partial charge in [0.05, 0.1) is 6.61 Å². The van der Waals surface area contributed by atoms with Crippen LogP contribution in [-0.2, 0) is 14.3 Å². The van der Waals surface area contributed by atoms with E-state index >= 15 is 0 Å². The van der Waals surface area contributed by atoms with Gasteiger partial charge in [0.2, 0.25) is 0 Å². The molecule has 0 heterocycles. The molecule has 4 heteroatoms. The lowest BCUT2D eigenvalue weighted by atomic mass is 10.0. The van der Waals surface area contributed by atoms with Gasteiger partial charge in [-0.1, -0.05) is 6.08 Å². The zero-order valence-electron chi connectivity index (χ0n) is 8.60. The zero-order valence-corrected chi connectivity index (χ0v) is 8.60. The Hall–Kier alpha value is -1.42. The second-order valence-corrected chi connectivity index (χ2v) is 3.23. The summed E-state index contributed by atoms with van der Waals surface area (Å²) in [6.45, 7) is 2.11. The molecule has 0 saturated heterocycles. The van der Waals surface area contributed by atoms with E-state index < -0.39 is 6.10 Å². The van der Waals surface area contributed by atoms with Crippen LogP contribution in [0.15, 0.2) is 23.8 Å². The van der Waals surface area contributed by atoms with Gasteiger partial charge < -0.3 is 9.84 Å². The van der Waals surface area contributed by atoms with Crippen LogP contribution >= 0.6 is 0 Å². The largest absolute Gasteiger partial charge is 0.466 e. The van der Waals surface area contributed by atoms with E-state index in [1.807, 2.05) is 0 Å². The van der Waals surface area contributed by atoms with E-state index in [-0.39, 0.29) is 18.2 Å². The van der Waals surface area contributed by atoms with Gasteiger partial charge in [-0.05, 0) is 31.1 Å². The first-order chi connectivity index (χ1) is 7.13. The van der Waals surface area contributed by atoms with Crippen LogP contribution < -0.4 is 0 Å². The third-order valence-electron chi connectivity index (χ3n) is 2.03. The Balaban J connectivity index is 2.40. The van der Waals surface area contributed by atoms with Gasteiger partial charge in [0.15, 0.2) is 5.78 Å². The van der Waals surface area contributed by atoms with Gasteiger partial charge in [0.25, 0.3) is 0 Å². The minimum Gasteiger partial charge on any atom is -0.466 e. The van der Waals surface area contributed by atoms with Crippen molar-refractivity contribution in [1.29, 1.82) is 0 Å². The minimum absolute atomic E-state index is 0.257. The Morgan fingerprint density at radius 1 is 1.60 bits per heavy atom. The van der Waals surface area contributed by atoms with Crippen molar-refractivity contribution in [3.8, 4) is 0 Å². The van der Waals surface area contributed by atoms with Gasteiger partial charge in [0, 0.05) is 6.42 Å². The van der Waals surface area contributed by atoms with Crippen LogP contribution in [0.4, 0.5) is 0 Å². The molecule has 1 atom stereocenters. The highest BCUT2D eigenvalue weighted by Crippen LogP contribution is 2.13. The normalized spacial score (nSPS) is 20.0. The fourth-order valence-corrected chi connectivity index (χ4v) is 1.26. The number of aliphatic hydroxyl groups is 1. The highest BCUT2D eigenvalue weighted by atomic mass is 16.5. The molecule has 0 aliphatic heterocycles. The number of allylic oxidation sites excluding steroid dienone is 2. The minimum atomic E-state index is -1.03. The topological polar surface area (TPSA) is 63.6 Å². The summed E-state index contributed by atoms with van der Waals surface area (Å²) in [5.41, 5.74) is 0.748. The first kappa shape index (κ1) is 11.7. The second-order valence-electron chi connectivity index (χ2n) is 3.23. The van der Waals surface area contributed by atoms with Crippen LogP contribution in [0.3, 0.4) is 0 Å². The summed E-state index contributed by atoms with van der Waals surface area (Å²) in [6, 6.07) is 0. The molecule has 4 nitrogen and oxygen atoms in total. The molecule has 15 heavy (non-hydrogen) atoms. The van der Waals surface area contributed by atoms with Gasteiger partial charge >= 0.3 is 5.97 Å². The van der Waals surface area contributed by atoms with Crippen LogP contribution in [-0.4, -0.2) is 29.6 Å². The number of hydrogen-bond acceptors (Lipinski definition) is 4. The summed E-state index contributed by atoms with van der Waals surface area (Å²) in [6.07, 6.45) is 4.13. The SMILES string of the molecule is CCOC(=O)CCC1=CC(=O)C(O)C=C1. The third-order valence-corrected chi connectivity index (χ3v) is 2.03. The fourth-order valence-electron chi connectivity index (χ4n) is 1.26. The molecule has 0 aromatic rings. The fraction of sp³-hybridized carbons (Fsp3) is 0.455. The highest BCUT2D eigenvalue weighted by molar-refractivity contribution is 5.97. The summed E-state index contributed by atoms with van der Waals surface area (Å²) in [7, 11) is 0. The van der Waals surface area contributed by atoms with E-state index in [0.29, 0.717) is 13.0 Å². The number of ether oxygens (including phenoxy) is 1. The van der Waals surface area contributed by atoms with Gasteiger partial charge in [-0.2, -0.15) is 0 Å². The van der Waals surface area contributed by atoms with Crippen molar-refractivity contribution < 1.29 is 19.4 Å². The van der Waals surface area contributed by atoms with Crippen molar-refractivity contribution in [2.75, 3.05) is 6.61 Å². The predicted molar refractivity (Wildman–Crippen MR) is 54.1 cm³/mol. The molecule has 0 spiro atoms. The Morgan fingerprint density at radius 2 is 2.33 bits per heavy atom. The average Bonchev–Trinajstić information content (AvgIpc) is 2.20. The molecule has 1 aliphatic carbocycles. The molecule has 0 amide bonds. The smallest absolute Gasteiger partial charge is 0.306 e. The van der Waals surface area contributed by atoms with Crippen LogP contribution in [0.1, 0.15) is 19.8 Å². The number of hydrogen-bond donors (Lipinski definition) is 1. The first-order valence-electron chi connectivity index (χ1n) is 4.89. The summed E-state index contributed by atoms with van der Waals surface area (Å²) in [4.78, 5) is 22.1. The number of esters is 1. The van der Waals surface area contributed by atoms with Crippen molar-refractivity contribution in [3.63, 3.8) is 0 Å². The van der Waals surface area contributed by atoms with Crippen LogP contribution in [0.25, 0.3) is 0 Å². The van der Waals surface area contributed by atoms with Crippen molar-refractivity contribution in [2.45, 2.75) is 25.9 Å². The molecule has 0 aromatic heterocycles. The number of ketones is 1. The van der Waals surface area contributed by atoms with Gasteiger partial charge in [-0.15, -0.1) is 0 Å². The molecule has 0 saturated carbocycles. The van der Waals surface area contributed by atoms with Gasteiger partial charge in [-0.25, -0.2) is 0 Å². The maximum Gasteiger partial charge on any atom is 0.306 e. The van der Waals surface area contributed by atoms with E-state index in [1.165, 1.54) is 12.2 Å². The molecule has 0 bridgehead atoms. The van der Waals surface area contributed by atoms with Crippen LogP contribution in [0, 0.1) is 0 Å². The number of carbonyl (C=O) groups excluding carboxylic acids is 2. The standard InChI is InChI=1S/C11H14O4/c1-2-15-11(14)6-4-8-3-5-9(12)10(13)7-8/h3,5,7,9,12H,2,4,6H2,1H3. The van der Waals surface area contributed by atoms with Crippen molar-refractivity contribution in [3.05, 3.63) is 23.8 Å². The molecular weight excluding hydrogens is 196 g/mol. The lowest BCUT2D eigenvalue weighted by Crippen LogP contribution is -2.18. The van der Waals surface area contributed by atoms with Crippen LogP contribution in [0.5, 0.6) is 0 Å². The highest BCUT2D eigenvalue weighted by Gasteiger charge is 2.14. The van der Waals surface area contributed by atoms with E-state index in [4.69, 9.17) is 9.84 Å². The molecule has 1 rings (SSSR count). The molecule has 1 N–H and O–H groups in total. The lowest BCUT2D eigenvalue weighted by Gasteiger charge is -2.09. The Morgan fingerprint density at radius 3 is 2.93 bits per heavy atom. The molecule has 1 unspecified atom stereocenters. The van der Waals surface area contributed by atoms with E-state index in [1.54, 1.807) is 13.0 Å². The molecular formula is C11H14O4. The quantitative estimate of drug-likeness (QED) is 0.696. The predicted octanol–water partition coefficient (Wildman–Crippen LogP) is 0.756. The summed E-state index contributed by atoms with van der Waals surface area (Å²) < 4.78 is 4.76. The first-order valence-corrected chi connectivity index (χ1v) is 4.89. The van der Waals surface area contributed by atoms with Gasteiger partial charge in [-0.3, -0.25) is 9.59 Å². The molecule has 1 aliphatic rings. The number of rotatable bonds is 4. The van der Waals surface area contributed by atoms with E-state index in [0.717, 1.165) is 5.57 Å². The van der Waals surface area contributed by atoms with Gasteiger partial charge in [0.1, 0.15) is 6.10 Å². The molecule has 0 aromatic carbocycles. The maximum atomic E-state index is 11.1. The Bertz CT molecular complexity index is 315. The van der Waals surface area contributed by atoms with E-state index in [9.17, 15) is 9.59 Å².